The Morgan fingerprint density at radius 1 is 1.32 bits per heavy atom. The Labute approximate surface area is 128 Å². The standard InChI is InChI=1S/C16H19NO5/c1-8-13-11(18)4-3-5-12(13)22-14(8)15(19)17(10-6-7-10)9(2)16(20)21/h9-10H,3-7H2,1-2H3,(H,20,21). The number of ketones is 1. The summed E-state index contributed by atoms with van der Waals surface area (Å²) in [5.74, 6) is -0.760. The zero-order valence-electron chi connectivity index (χ0n) is 12.7. The molecule has 1 heterocycles. The van der Waals surface area contributed by atoms with Crippen LogP contribution >= 0.6 is 0 Å². The minimum absolute atomic E-state index is 0.00537. The third-order valence-corrected chi connectivity index (χ3v) is 4.45. The average molecular weight is 305 g/mol. The van der Waals surface area contributed by atoms with Crippen LogP contribution in [0.25, 0.3) is 0 Å². The maximum absolute atomic E-state index is 12.8. The molecule has 0 aliphatic heterocycles. The van der Waals surface area contributed by atoms with Crippen molar-refractivity contribution in [2.75, 3.05) is 0 Å². The third kappa shape index (κ3) is 2.32. The fourth-order valence-electron chi connectivity index (χ4n) is 3.10. The lowest BCUT2D eigenvalue weighted by molar-refractivity contribution is -0.141. The van der Waals surface area contributed by atoms with Gasteiger partial charge in [-0.3, -0.25) is 9.59 Å². The summed E-state index contributed by atoms with van der Waals surface area (Å²) in [6.07, 6.45) is 3.46. The number of carboxylic acid groups (broad SMARTS) is 1. The smallest absolute Gasteiger partial charge is 0.326 e. The third-order valence-electron chi connectivity index (χ3n) is 4.45. The Kier molecular flexibility index (Phi) is 3.54. The number of nitrogens with zero attached hydrogens (tertiary/aromatic N) is 1. The van der Waals surface area contributed by atoms with Gasteiger partial charge in [0.1, 0.15) is 11.8 Å². The Hall–Kier alpha value is -2.11. The zero-order chi connectivity index (χ0) is 16.0. The number of amides is 1. The van der Waals surface area contributed by atoms with E-state index in [1.165, 1.54) is 11.8 Å². The molecule has 2 aliphatic rings. The molecule has 22 heavy (non-hydrogen) atoms. The van der Waals surface area contributed by atoms with Crippen molar-refractivity contribution >= 4 is 17.7 Å². The number of aryl methyl sites for hydroxylation is 1. The summed E-state index contributed by atoms with van der Waals surface area (Å²) in [4.78, 5) is 37.4. The topological polar surface area (TPSA) is 87.8 Å². The molecule has 3 rings (SSSR count). The fraction of sp³-hybridized carbons (Fsp3) is 0.562. The first-order valence-corrected chi connectivity index (χ1v) is 7.62. The first-order valence-electron chi connectivity index (χ1n) is 7.62. The average Bonchev–Trinajstić information content (AvgIpc) is 3.23. The predicted octanol–water partition coefficient (Wildman–Crippen LogP) is 2.18. The minimum Gasteiger partial charge on any atom is -0.480 e. The van der Waals surface area contributed by atoms with Crippen molar-refractivity contribution in [2.24, 2.45) is 0 Å². The Morgan fingerprint density at radius 2 is 2.00 bits per heavy atom. The second kappa shape index (κ2) is 5.26. The molecule has 1 aromatic heterocycles. The van der Waals surface area contributed by atoms with Crippen LogP contribution in [0.15, 0.2) is 4.42 Å². The van der Waals surface area contributed by atoms with Gasteiger partial charge in [0.2, 0.25) is 0 Å². The molecule has 1 N–H and O–H groups in total. The van der Waals surface area contributed by atoms with E-state index < -0.39 is 17.9 Å². The summed E-state index contributed by atoms with van der Waals surface area (Å²) in [5, 5.41) is 9.22. The number of fused-ring (bicyclic) bond motifs is 1. The molecule has 6 heteroatoms. The summed E-state index contributed by atoms with van der Waals surface area (Å²) >= 11 is 0. The second-order valence-electron chi connectivity index (χ2n) is 6.09. The van der Waals surface area contributed by atoms with Gasteiger partial charge in [-0.15, -0.1) is 0 Å². The van der Waals surface area contributed by atoms with Gasteiger partial charge in [-0.25, -0.2) is 4.79 Å². The molecule has 2 aliphatic carbocycles. The van der Waals surface area contributed by atoms with Crippen molar-refractivity contribution in [3.8, 4) is 0 Å². The molecule has 0 saturated heterocycles. The lowest BCUT2D eigenvalue weighted by Gasteiger charge is -2.25. The van der Waals surface area contributed by atoms with Crippen LogP contribution in [-0.4, -0.2) is 39.7 Å². The quantitative estimate of drug-likeness (QED) is 0.921. The largest absolute Gasteiger partial charge is 0.480 e. The Morgan fingerprint density at radius 3 is 2.55 bits per heavy atom. The highest BCUT2D eigenvalue weighted by Gasteiger charge is 2.41. The van der Waals surface area contributed by atoms with E-state index in [4.69, 9.17) is 4.42 Å². The number of hydrogen-bond donors (Lipinski definition) is 1. The molecule has 1 aromatic rings. The minimum atomic E-state index is -1.04. The van der Waals surface area contributed by atoms with Gasteiger partial charge in [-0.1, -0.05) is 0 Å². The molecule has 0 spiro atoms. The number of carbonyl (C=O) groups is 3. The van der Waals surface area contributed by atoms with Crippen molar-refractivity contribution in [2.45, 2.75) is 58.0 Å². The molecule has 1 unspecified atom stereocenters. The maximum atomic E-state index is 12.8. The van der Waals surface area contributed by atoms with Gasteiger partial charge in [-0.05, 0) is 33.1 Å². The predicted molar refractivity (Wildman–Crippen MR) is 77.0 cm³/mol. The number of carboxylic acids is 1. The first-order chi connectivity index (χ1) is 10.4. The SMILES string of the molecule is Cc1c(C(=O)N(C2CC2)C(C)C(=O)O)oc2c1C(=O)CCC2. The summed E-state index contributed by atoms with van der Waals surface area (Å²) in [6, 6.07) is -0.951. The lowest BCUT2D eigenvalue weighted by Crippen LogP contribution is -2.44. The molecule has 0 bridgehead atoms. The van der Waals surface area contributed by atoms with Crippen LogP contribution in [0.5, 0.6) is 0 Å². The number of Topliss-reactive ketones (excluding diaryl/α,β-unsaturated/α-hetero) is 1. The number of carbonyl (C=O) groups excluding carboxylic acids is 2. The lowest BCUT2D eigenvalue weighted by atomic mass is 9.94. The van der Waals surface area contributed by atoms with Crippen molar-refractivity contribution in [3.05, 3.63) is 22.6 Å². The van der Waals surface area contributed by atoms with Gasteiger partial charge >= 0.3 is 5.97 Å². The number of hydrogen-bond acceptors (Lipinski definition) is 4. The van der Waals surface area contributed by atoms with Crippen LogP contribution < -0.4 is 0 Å². The van der Waals surface area contributed by atoms with Gasteiger partial charge in [-0.2, -0.15) is 0 Å². The summed E-state index contributed by atoms with van der Waals surface area (Å²) in [6.45, 7) is 3.21. The fourth-order valence-corrected chi connectivity index (χ4v) is 3.10. The zero-order valence-corrected chi connectivity index (χ0v) is 12.7. The van der Waals surface area contributed by atoms with Gasteiger partial charge in [0, 0.05) is 24.4 Å². The maximum Gasteiger partial charge on any atom is 0.326 e. The van der Waals surface area contributed by atoms with E-state index in [1.807, 2.05) is 0 Å². The van der Waals surface area contributed by atoms with E-state index in [-0.39, 0.29) is 17.6 Å². The van der Waals surface area contributed by atoms with E-state index in [0.717, 1.165) is 19.3 Å². The van der Waals surface area contributed by atoms with Crippen LogP contribution in [0.3, 0.4) is 0 Å². The molecule has 1 atom stereocenters. The van der Waals surface area contributed by atoms with Gasteiger partial charge in [0.15, 0.2) is 11.5 Å². The van der Waals surface area contributed by atoms with Crippen molar-refractivity contribution in [1.82, 2.24) is 4.90 Å². The van der Waals surface area contributed by atoms with Crippen LogP contribution in [-0.2, 0) is 11.2 Å². The molecule has 118 valence electrons. The molecule has 0 aromatic carbocycles. The van der Waals surface area contributed by atoms with E-state index in [9.17, 15) is 19.5 Å². The highest BCUT2D eigenvalue weighted by Crippen LogP contribution is 2.34. The van der Waals surface area contributed by atoms with Crippen LogP contribution in [0.4, 0.5) is 0 Å². The van der Waals surface area contributed by atoms with E-state index in [2.05, 4.69) is 0 Å². The Balaban J connectivity index is 1.97. The van der Waals surface area contributed by atoms with Crippen LogP contribution in [0, 0.1) is 6.92 Å². The normalized spacial score (nSPS) is 18.7. The molecular weight excluding hydrogens is 286 g/mol. The first kappa shape index (κ1) is 14.8. The molecular formula is C16H19NO5. The molecule has 0 radical (unpaired) electrons. The Bertz CT molecular complexity index is 656. The van der Waals surface area contributed by atoms with Gasteiger partial charge < -0.3 is 14.4 Å². The highest BCUT2D eigenvalue weighted by molar-refractivity contribution is 6.04. The monoisotopic (exact) mass is 305 g/mol. The van der Waals surface area contributed by atoms with Crippen LogP contribution in [0.2, 0.25) is 0 Å². The molecule has 6 nitrogen and oxygen atoms in total. The molecule has 1 saturated carbocycles. The number of furan rings is 1. The van der Waals surface area contributed by atoms with Crippen molar-refractivity contribution < 1.29 is 23.9 Å². The van der Waals surface area contributed by atoms with Crippen molar-refractivity contribution in [1.29, 1.82) is 0 Å². The number of aliphatic carboxylic acids is 1. The summed E-state index contributed by atoms with van der Waals surface area (Å²) < 4.78 is 5.65. The summed E-state index contributed by atoms with van der Waals surface area (Å²) in [5.41, 5.74) is 1.07. The number of rotatable bonds is 4. The van der Waals surface area contributed by atoms with Crippen molar-refractivity contribution in [3.63, 3.8) is 0 Å². The second-order valence-corrected chi connectivity index (χ2v) is 6.09. The van der Waals surface area contributed by atoms with E-state index >= 15 is 0 Å². The van der Waals surface area contributed by atoms with E-state index in [1.54, 1.807) is 6.92 Å². The van der Waals surface area contributed by atoms with Crippen LogP contribution in [0.1, 0.15) is 64.8 Å². The van der Waals surface area contributed by atoms with E-state index in [0.29, 0.717) is 29.7 Å². The highest BCUT2D eigenvalue weighted by atomic mass is 16.4. The van der Waals surface area contributed by atoms with Gasteiger partial charge in [0.05, 0.1) is 5.56 Å². The summed E-state index contributed by atoms with van der Waals surface area (Å²) in [7, 11) is 0. The van der Waals surface area contributed by atoms with Gasteiger partial charge in [0.25, 0.3) is 5.91 Å². The molecule has 1 amide bonds. The molecule has 1 fully saturated rings.